The van der Waals surface area contributed by atoms with Gasteiger partial charge < -0.3 is 10.1 Å². The number of hydrogen-bond donors (Lipinski definition) is 3. The van der Waals surface area contributed by atoms with Gasteiger partial charge in [0.15, 0.2) is 5.88 Å². The van der Waals surface area contributed by atoms with Crippen LogP contribution >= 0.6 is 0 Å². The average molecular weight is 338 g/mol. The average Bonchev–Trinajstić information content (AvgIpc) is 3.31. The Bertz CT molecular complexity index is 1000. The molecule has 8 heteroatoms. The number of nitriles is 1. The Balaban J connectivity index is 1.79. The lowest BCUT2D eigenvalue weighted by Crippen LogP contribution is -2.19. The van der Waals surface area contributed by atoms with Gasteiger partial charge in [-0.1, -0.05) is 12.8 Å². The van der Waals surface area contributed by atoms with E-state index in [0.717, 1.165) is 12.8 Å². The van der Waals surface area contributed by atoms with Crippen LogP contribution in [0.5, 0.6) is 5.88 Å². The molecule has 3 aromatic heterocycles. The standard InChI is InChI=1S/C17H18N6O2/c18-6-5-13(10-3-1-2-4-10)23-8-12(17(25)22-23)15-11-7-14(24)21-16(11)20-9-19-15/h7-10,13,24H,1-5H2,(H,22,25)(H,19,20,21). The molecule has 25 heavy (non-hydrogen) atoms. The van der Waals surface area contributed by atoms with Crippen LogP contribution in [0.2, 0.25) is 0 Å². The first kappa shape index (κ1) is 15.4. The molecule has 0 saturated heterocycles. The van der Waals surface area contributed by atoms with Crippen molar-refractivity contribution in [2.45, 2.75) is 38.1 Å². The second-order valence-electron chi connectivity index (χ2n) is 6.50. The summed E-state index contributed by atoms with van der Waals surface area (Å²) in [7, 11) is 0. The predicted octanol–water partition coefficient (Wildman–Crippen LogP) is 2.47. The van der Waals surface area contributed by atoms with Crippen LogP contribution in [-0.2, 0) is 0 Å². The maximum Gasteiger partial charge on any atom is 0.273 e. The third-order valence-electron chi connectivity index (χ3n) is 5.01. The first-order valence-electron chi connectivity index (χ1n) is 8.38. The Morgan fingerprint density at radius 1 is 1.40 bits per heavy atom. The van der Waals surface area contributed by atoms with Gasteiger partial charge in [-0.2, -0.15) is 5.26 Å². The first-order valence-corrected chi connectivity index (χ1v) is 8.38. The quantitative estimate of drug-likeness (QED) is 0.674. The van der Waals surface area contributed by atoms with Crippen molar-refractivity contribution < 1.29 is 5.11 Å². The molecule has 1 atom stereocenters. The molecular weight excluding hydrogens is 320 g/mol. The highest BCUT2D eigenvalue weighted by Gasteiger charge is 2.27. The maximum absolute atomic E-state index is 12.5. The molecule has 1 aliphatic rings. The number of rotatable bonds is 4. The monoisotopic (exact) mass is 338 g/mol. The highest BCUT2D eigenvalue weighted by molar-refractivity contribution is 5.91. The predicted molar refractivity (Wildman–Crippen MR) is 90.8 cm³/mol. The van der Waals surface area contributed by atoms with Gasteiger partial charge in [-0.05, 0) is 18.8 Å². The minimum Gasteiger partial charge on any atom is -0.495 e. The van der Waals surface area contributed by atoms with Gasteiger partial charge >= 0.3 is 0 Å². The third-order valence-corrected chi connectivity index (χ3v) is 5.01. The van der Waals surface area contributed by atoms with Crippen molar-refractivity contribution >= 4 is 11.0 Å². The Kier molecular flexibility index (Phi) is 3.76. The van der Waals surface area contributed by atoms with E-state index in [1.807, 2.05) is 0 Å². The summed E-state index contributed by atoms with van der Waals surface area (Å²) in [5.41, 5.74) is 1.08. The zero-order chi connectivity index (χ0) is 17.4. The Morgan fingerprint density at radius 3 is 2.96 bits per heavy atom. The highest BCUT2D eigenvalue weighted by Crippen LogP contribution is 2.36. The topological polar surface area (TPSA) is 123 Å². The number of aromatic hydroxyl groups is 1. The number of nitrogens with one attached hydrogen (secondary N) is 2. The zero-order valence-electron chi connectivity index (χ0n) is 13.6. The summed E-state index contributed by atoms with van der Waals surface area (Å²) in [6.07, 6.45) is 7.93. The lowest BCUT2D eigenvalue weighted by Gasteiger charge is -2.21. The molecule has 0 radical (unpaired) electrons. The fraction of sp³-hybridized carbons (Fsp3) is 0.412. The molecular formula is C17H18N6O2. The molecule has 0 spiro atoms. The Hall–Kier alpha value is -3.08. The molecule has 1 aliphatic carbocycles. The molecule has 1 fully saturated rings. The van der Waals surface area contributed by atoms with Crippen molar-refractivity contribution in [1.29, 1.82) is 5.26 Å². The maximum atomic E-state index is 12.5. The van der Waals surface area contributed by atoms with Crippen LogP contribution in [0.3, 0.4) is 0 Å². The van der Waals surface area contributed by atoms with Crippen molar-refractivity contribution in [1.82, 2.24) is 24.7 Å². The van der Waals surface area contributed by atoms with E-state index in [2.05, 4.69) is 26.1 Å². The summed E-state index contributed by atoms with van der Waals surface area (Å²) in [4.78, 5) is 23.5. The van der Waals surface area contributed by atoms with E-state index in [-0.39, 0.29) is 17.5 Å². The SMILES string of the molecule is N#CCC(C1CCCC1)n1cc(-c2ncnc3[nH]c(O)cc23)c(=O)[nH]1. The van der Waals surface area contributed by atoms with Gasteiger partial charge in [0.2, 0.25) is 0 Å². The largest absolute Gasteiger partial charge is 0.495 e. The molecule has 0 aromatic carbocycles. The first-order chi connectivity index (χ1) is 12.2. The second-order valence-corrected chi connectivity index (χ2v) is 6.50. The Morgan fingerprint density at radius 2 is 2.20 bits per heavy atom. The van der Waals surface area contributed by atoms with Crippen LogP contribution in [0.1, 0.15) is 38.1 Å². The fourth-order valence-corrected chi connectivity index (χ4v) is 3.82. The molecule has 4 rings (SSSR count). The van der Waals surface area contributed by atoms with E-state index >= 15 is 0 Å². The lowest BCUT2D eigenvalue weighted by molar-refractivity contribution is 0.313. The highest BCUT2D eigenvalue weighted by atomic mass is 16.3. The fourth-order valence-electron chi connectivity index (χ4n) is 3.82. The van der Waals surface area contributed by atoms with E-state index in [4.69, 9.17) is 0 Å². The van der Waals surface area contributed by atoms with Crippen LogP contribution in [0.15, 0.2) is 23.4 Å². The van der Waals surface area contributed by atoms with Gasteiger partial charge in [-0.25, -0.2) is 9.97 Å². The number of nitrogens with zero attached hydrogens (tertiary/aromatic N) is 4. The van der Waals surface area contributed by atoms with Crippen molar-refractivity contribution in [3.05, 3.63) is 28.9 Å². The summed E-state index contributed by atoms with van der Waals surface area (Å²) in [6.45, 7) is 0. The molecule has 3 heterocycles. The Labute approximate surface area is 143 Å². The normalized spacial score (nSPS) is 16.3. The molecule has 0 amide bonds. The summed E-state index contributed by atoms with van der Waals surface area (Å²) in [5.74, 6) is 0.373. The van der Waals surface area contributed by atoms with Crippen LogP contribution in [0.25, 0.3) is 22.3 Å². The van der Waals surface area contributed by atoms with Crippen molar-refractivity contribution in [3.63, 3.8) is 0 Å². The van der Waals surface area contributed by atoms with Gasteiger partial charge in [0.05, 0.1) is 29.8 Å². The van der Waals surface area contributed by atoms with Gasteiger partial charge in [0.1, 0.15) is 12.0 Å². The minimum absolute atomic E-state index is 0.0269. The molecule has 3 aromatic rings. The van der Waals surface area contributed by atoms with E-state index < -0.39 is 0 Å². The van der Waals surface area contributed by atoms with Crippen LogP contribution in [0.4, 0.5) is 0 Å². The number of aromatic nitrogens is 5. The smallest absolute Gasteiger partial charge is 0.273 e. The van der Waals surface area contributed by atoms with Crippen molar-refractivity contribution in [3.8, 4) is 23.2 Å². The summed E-state index contributed by atoms with van der Waals surface area (Å²) in [6, 6.07) is 3.71. The third kappa shape index (κ3) is 2.67. The van der Waals surface area contributed by atoms with Gasteiger partial charge in [-0.3, -0.25) is 14.6 Å². The molecule has 8 nitrogen and oxygen atoms in total. The van der Waals surface area contributed by atoms with E-state index in [1.165, 1.54) is 25.2 Å². The molecule has 0 aliphatic heterocycles. The molecule has 0 bridgehead atoms. The van der Waals surface area contributed by atoms with Crippen molar-refractivity contribution in [2.24, 2.45) is 5.92 Å². The van der Waals surface area contributed by atoms with Gasteiger partial charge in [-0.15, -0.1) is 0 Å². The van der Waals surface area contributed by atoms with E-state index in [0.29, 0.717) is 34.6 Å². The number of aromatic amines is 2. The number of fused-ring (bicyclic) bond motifs is 1. The van der Waals surface area contributed by atoms with Crippen LogP contribution < -0.4 is 5.56 Å². The zero-order valence-corrected chi connectivity index (χ0v) is 13.6. The molecule has 128 valence electrons. The van der Waals surface area contributed by atoms with Crippen LogP contribution in [-0.4, -0.2) is 29.8 Å². The van der Waals surface area contributed by atoms with Crippen LogP contribution in [0, 0.1) is 17.2 Å². The molecule has 1 saturated carbocycles. The van der Waals surface area contributed by atoms with E-state index in [1.54, 1.807) is 10.9 Å². The lowest BCUT2D eigenvalue weighted by atomic mass is 9.96. The second kappa shape index (κ2) is 6.09. The number of H-pyrrole nitrogens is 2. The minimum atomic E-state index is -0.262. The van der Waals surface area contributed by atoms with Gasteiger partial charge in [0.25, 0.3) is 5.56 Å². The number of hydrogen-bond acceptors (Lipinski definition) is 5. The molecule has 3 N–H and O–H groups in total. The van der Waals surface area contributed by atoms with E-state index in [9.17, 15) is 15.2 Å². The summed E-state index contributed by atoms with van der Waals surface area (Å²) >= 11 is 0. The van der Waals surface area contributed by atoms with Gasteiger partial charge in [0, 0.05) is 17.6 Å². The summed E-state index contributed by atoms with van der Waals surface area (Å²) in [5, 5.41) is 22.3. The summed E-state index contributed by atoms with van der Waals surface area (Å²) < 4.78 is 1.76. The molecule has 1 unspecified atom stereocenters. The van der Waals surface area contributed by atoms with Crippen molar-refractivity contribution in [2.75, 3.05) is 0 Å².